The van der Waals surface area contributed by atoms with Gasteiger partial charge in [-0.1, -0.05) is 25.1 Å². The molecule has 1 aliphatic heterocycles. The van der Waals surface area contributed by atoms with E-state index in [9.17, 15) is 22.3 Å². The lowest BCUT2D eigenvalue weighted by molar-refractivity contribution is 0.0724. The number of aliphatic hydroxyl groups is 1. The Morgan fingerprint density at radius 3 is 2.58 bits per heavy atom. The molecule has 0 aliphatic carbocycles. The Balaban J connectivity index is 1.73. The number of benzene rings is 2. The van der Waals surface area contributed by atoms with Gasteiger partial charge in [0.1, 0.15) is 17.9 Å². The van der Waals surface area contributed by atoms with E-state index in [-0.39, 0.29) is 18.1 Å². The van der Waals surface area contributed by atoms with Crippen molar-refractivity contribution in [3.63, 3.8) is 0 Å². The van der Waals surface area contributed by atoms with Crippen molar-refractivity contribution in [2.75, 3.05) is 10.5 Å². The Morgan fingerprint density at radius 2 is 1.88 bits per heavy atom. The molecule has 0 bridgehead atoms. The predicted octanol–water partition coefficient (Wildman–Crippen LogP) is 2.55. The number of fused-ring (bicyclic) bond motifs is 1. The molecule has 0 amide bonds. The van der Waals surface area contributed by atoms with Gasteiger partial charge in [0.05, 0.1) is 17.5 Å². The lowest BCUT2D eigenvalue weighted by atomic mass is 9.98. The molecule has 3 rings (SSSR count). The second-order valence-corrected chi connectivity index (χ2v) is 8.36. The van der Waals surface area contributed by atoms with Gasteiger partial charge in [0, 0.05) is 6.07 Å². The minimum absolute atomic E-state index is 0.206. The number of halogens is 2. The second kappa shape index (κ2) is 7.30. The van der Waals surface area contributed by atoms with Crippen LogP contribution >= 0.6 is 0 Å². The van der Waals surface area contributed by atoms with E-state index in [4.69, 9.17) is 0 Å². The maximum Gasteiger partial charge on any atom is 0.234 e. The van der Waals surface area contributed by atoms with E-state index < -0.39 is 33.9 Å². The molecule has 140 valence electrons. The molecule has 8 heteroatoms. The quantitative estimate of drug-likeness (QED) is 0.695. The number of nitrogens with one attached hydrogen (secondary N) is 2. The van der Waals surface area contributed by atoms with E-state index in [1.807, 2.05) is 0 Å². The summed E-state index contributed by atoms with van der Waals surface area (Å²) in [5, 5.41) is 13.4. The first-order chi connectivity index (χ1) is 12.2. The monoisotopic (exact) mass is 382 g/mol. The summed E-state index contributed by atoms with van der Waals surface area (Å²) in [6, 6.07) is 9.60. The summed E-state index contributed by atoms with van der Waals surface area (Å²) < 4.78 is 53.2. The average molecular weight is 382 g/mol. The fourth-order valence-electron chi connectivity index (χ4n) is 3.13. The molecule has 0 spiro atoms. The molecule has 3 unspecified atom stereocenters. The Kier molecular flexibility index (Phi) is 5.27. The lowest BCUT2D eigenvalue weighted by Crippen LogP contribution is -2.43. The molecular weight excluding hydrogens is 362 g/mol. The summed E-state index contributed by atoms with van der Waals surface area (Å²) in [5.74, 6) is -1.94. The summed E-state index contributed by atoms with van der Waals surface area (Å²) in [6.45, 7) is 1.72. The third-order valence-electron chi connectivity index (χ3n) is 4.38. The maximum absolute atomic E-state index is 13.3. The van der Waals surface area contributed by atoms with Crippen LogP contribution in [0.25, 0.3) is 0 Å². The smallest absolute Gasteiger partial charge is 0.234 e. The highest BCUT2D eigenvalue weighted by molar-refractivity contribution is 7.92. The molecule has 3 atom stereocenters. The van der Waals surface area contributed by atoms with Gasteiger partial charge >= 0.3 is 0 Å². The van der Waals surface area contributed by atoms with Crippen LogP contribution in [0.2, 0.25) is 0 Å². The van der Waals surface area contributed by atoms with Gasteiger partial charge in [0.2, 0.25) is 10.0 Å². The molecule has 0 aromatic heterocycles. The van der Waals surface area contributed by atoms with Crippen LogP contribution in [0.4, 0.5) is 14.5 Å². The lowest BCUT2D eigenvalue weighted by Gasteiger charge is -2.31. The molecule has 1 heterocycles. The zero-order valence-corrected chi connectivity index (χ0v) is 14.9. The van der Waals surface area contributed by atoms with Crippen LogP contribution < -0.4 is 10.0 Å². The van der Waals surface area contributed by atoms with Crippen molar-refractivity contribution in [1.82, 2.24) is 5.32 Å². The molecule has 0 fully saturated rings. The Hall–Kier alpha value is -2.03. The van der Waals surface area contributed by atoms with Crippen LogP contribution in [0.1, 0.15) is 24.1 Å². The van der Waals surface area contributed by atoms with Crippen LogP contribution in [0, 0.1) is 17.6 Å². The molecule has 2 aromatic rings. The number of para-hydroxylation sites is 1. The summed E-state index contributed by atoms with van der Waals surface area (Å²) in [7, 11) is -3.51. The third kappa shape index (κ3) is 4.38. The fourth-order valence-corrected chi connectivity index (χ4v) is 4.45. The Morgan fingerprint density at radius 1 is 1.23 bits per heavy atom. The van der Waals surface area contributed by atoms with Crippen molar-refractivity contribution >= 4 is 15.7 Å². The first kappa shape index (κ1) is 18.8. The largest absolute Gasteiger partial charge is 0.378 e. The Labute approximate surface area is 151 Å². The van der Waals surface area contributed by atoms with Crippen molar-refractivity contribution < 1.29 is 22.3 Å². The van der Waals surface area contributed by atoms with E-state index in [1.165, 1.54) is 12.1 Å². The molecule has 3 N–H and O–H groups in total. The van der Waals surface area contributed by atoms with Gasteiger partial charge in [-0.15, -0.1) is 0 Å². The number of hydrogen-bond donors (Lipinski definition) is 3. The average Bonchev–Trinajstić information content (AvgIpc) is 2.52. The van der Waals surface area contributed by atoms with Gasteiger partial charge in [-0.3, -0.25) is 10.0 Å². The number of hydrogen-bond acceptors (Lipinski definition) is 4. The van der Waals surface area contributed by atoms with Crippen molar-refractivity contribution in [2.24, 2.45) is 5.92 Å². The molecule has 26 heavy (non-hydrogen) atoms. The van der Waals surface area contributed by atoms with Crippen LogP contribution in [0.5, 0.6) is 0 Å². The van der Waals surface area contributed by atoms with Crippen LogP contribution in [-0.2, 0) is 16.4 Å². The summed E-state index contributed by atoms with van der Waals surface area (Å²) in [6.07, 6.45) is -0.810. The van der Waals surface area contributed by atoms with E-state index in [0.29, 0.717) is 11.3 Å². The molecule has 5 nitrogen and oxygen atoms in total. The van der Waals surface area contributed by atoms with Crippen molar-refractivity contribution in [3.8, 4) is 0 Å². The summed E-state index contributed by atoms with van der Waals surface area (Å²) >= 11 is 0. The third-order valence-corrected chi connectivity index (χ3v) is 5.68. The first-order valence-corrected chi connectivity index (χ1v) is 9.87. The van der Waals surface area contributed by atoms with Gasteiger partial charge < -0.3 is 5.11 Å². The van der Waals surface area contributed by atoms with E-state index in [1.54, 1.807) is 31.2 Å². The highest BCUT2D eigenvalue weighted by Crippen LogP contribution is 2.30. The molecule has 0 saturated carbocycles. The Bertz CT molecular complexity index is 885. The van der Waals surface area contributed by atoms with Crippen LogP contribution in [0.15, 0.2) is 42.5 Å². The van der Waals surface area contributed by atoms with Gasteiger partial charge in [-0.2, -0.15) is 0 Å². The van der Waals surface area contributed by atoms with E-state index in [2.05, 4.69) is 10.0 Å². The summed E-state index contributed by atoms with van der Waals surface area (Å²) in [4.78, 5) is 0. The minimum Gasteiger partial charge on any atom is -0.378 e. The van der Waals surface area contributed by atoms with Gasteiger partial charge in [-0.05, 0) is 41.7 Å². The minimum atomic E-state index is -3.51. The van der Waals surface area contributed by atoms with Gasteiger partial charge in [0.25, 0.3) is 0 Å². The fraction of sp³-hybridized carbons (Fsp3) is 0.333. The number of rotatable bonds is 5. The van der Waals surface area contributed by atoms with Crippen molar-refractivity contribution in [2.45, 2.75) is 25.6 Å². The number of aliphatic hydroxyl groups excluding tert-OH is 1. The van der Waals surface area contributed by atoms with Crippen molar-refractivity contribution in [3.05, 3.63) is 65.2 Å². The maximum atomic E-state index is 13.3. The number of anilines is 1. The molecule has 2 aromatic carbocycles. The molecule has 0 radical (unpaired) electrons. The highest BCUT2D eigenvalue weighted by Gasteiger charge is 2.31. The van der Waals surface area contributed by atoms with E-state index >= 15 is 0 Å². The summed E-state index contributed by atoms with van der Waals surface area (Å²) in [5.41, 5.74) is 1.64. The second-order valence-electron chi connectivity index (χ2n) is 6.59. The standard InChI is InChI=1S/C18H20F2N2O3S/c1-11(6-12-7-13(19)9-14(20)8-12)18(23)21-17-10-26(24,25)22-16-5-3-2-4-15(16)17/h2-5,7-9,11,17-18,21-23H,6,10H2,1H3. The molecular formula is C18H20F2N2O3S. The topological polar surface area (TPSA) is 78.4 Å². The van der Waals surface area contributed by atoms with Crippen LogP contribution in [-0.4, -0.2) is 25.5 Å². The van der Waals surface area contributed by atoms with Gasteiger partial charge in [0.15, 0.2) is 0 Å². The SMILES string of the molecule is CC(Cc1cc(F)cc(F)c1)C(O)NC1CS(=O)(=O)Nc2ccccc21. The predicted molar refractivity (Wildman–Crippen MR) is 95.0 cm³/mol. The number of sulfonamides is 1. The highest BCUT2D eigenvalue weighted by atomic mass is 32.2. The van der Waals surface area contributed by atoms with Crippen LogP contribution in [0.3, 0.4) is 0 Å². The molecule has 1 aliphatic rings. The van der Waals surface area contributed by atoms with E-state index in [0.717, 1.165) is 11.6 Å². The first-order valence-electron chi connectivity index (χ1n) is 8.22. The zero-order valence-electron chi connectivity index (χ0n) is 14.1. The normalized spacial score (nSPS) is 20.7. The molecule has 0 saturated heterocycles. The van der Waals surface area contributed by atoms with Crippen molar-refractivity contribution in [1.29, 1.82) is 0 Å². The zero-order chi connectivity index (χ0) is 18.9. The van der Waals surface area contributed by atoms with Gasteiger partial charge in [-0.25, -0.2) is 17.2 Å².